The number of carboxylic acids is 1. The molecule has 0 aliphatic heterocycles. The molecule has 17 heavy (non-hydrogen) atoms. The molecule has 0 bridgehead atoms. The molecule has 88 valence electrons. The van der Waals surface area contributed by atoms with E-state index < -0.39 is 5.97 Å². The van der Waals surface area contributed by atoms with Gasteiger partial charge >= 0.3 is 5.97 Å². The van der Waals surface area contributed by atoms with E-state index in [2.05, 4.69) is 26.1 Å². The Bertz CT molecular complexity index is 527. The van der Waals surface area contributed by atoms with E-state index in [-0.39, 0.29) is 5.75 Å². The molecule has 2 rings (SSSR count). The van der Waals surface area contributed by atoms with Gasteiger partial charge in [-0.15, -0.1) is 10.2 Å². The third kappa shape index (κ3) is 3.07. The van der Waals surface area contributed by atoms with Crippen LogP contribution < -0.4 is 0 Å². The summed E-state index contributed by atoms with van der Waals surface area (Å²) in [4.78, 5) is 10.5. The summed E-state index contributed by atoms with van der Waals surface area (Å²) < 4.78 is 2.73. The Morgan fingerprint density at radius 3 is 2.76 bits per heavy atom. The molecule has 1 N–H and O–H groups in total. The molecular formula is C10H8BrN3O2S. The van der Waals surface area contributed by atoms with Crippen LogP contribution in [0, 0.1) is 0 Å². The number of aliphatic carboxylic acids is 1. The summed E-state index contributed by atoms with van der Waals surface area (Å²) in [6.07, 6.45) is 1.56. The highest BCUT2D eigenvalue weighted by molar-refractivity contribution is 9.10. The molecule has 0 fully saturated rings. The Balaban J connectivity index is 2.24. The quantitative estimate of drug-likeness (QED) is 0.876. The summed E-state index contributed by atoms with van der Waals surface area (Å²) in [5.41, 5.74) is 0.895. The van der Waals surface area contributed by atoms with Crippen molar-refractivity contribution in [3.05, 3.63) is 35.1 Å². The predicted molar refractivity (Wildman–Crippen MR) is 67.4 cm³/mol. The molecule has 2 aromatic rings. The lowest BCUT2D eigenvalue weighted by Gasteiger charge is -2.04. The molecule has 0 spiro atoms. The zero-order valence-corrected chi connectivity index (χ0v) is 11.0. The standard InChI is InChI=1S/C10H8BrN3O2S/c11-7-1-3-8(4-2-7)14-6-12-13-10(14)17-5-9(15)16/h1-4,6H,5H2,(H,15,16). The molecule has 1 aromatic carbocycles. The Morgan fingerprint density at radius 1 is 1.41 bits per heavy atom. The maximum absolute atomic E-state index is 10.5. The normalized spacial score (nSPS) is 10.4. The number of nitrogens with zero attached hydrogens (tertiary/aromatic N) is 3. The second-order valence-corrected chi connectivity index (χ2v) is 5.00. The Hall–Kier alpha value is -1.34. The lowest BCUT2D eigenvalue weighted by molar-refractivity contribution is -0.133. The number of halogens is 1. The molecule has 0 aliphatic carbocycles. The Kier molecular flexibility index (Phi) is 3.80. The number of hydrogen-bond acceptors (Lipinski definition) is 4. The number of aromatic nitrogens is 3. The van der Waals surface area contributed by atoms with Gasteiger partial charge in [0.2, 0.25) is 0 Å². The molecule has 0 saturated carbocycles. The summed E-state index contributed by atoms with van der Waals surface area (Å²) in [6, 6.07) is 7.61. The number of thioether (sulfide) groups is 1. The van der Waals surface area contributed by atoms with Crippen LogP contribution >= 0.6 is 27.7 Å². The van der Waals surface area contributed by atoms with Gasteiger partial charge in [-0.1, -0.05) is 27.7 Å². The summed E-state index contributed by atoms with van der Waals surface area (Å²) in [7, 11) is 0. The van der Waals surface area contributed by atoms with Gasteiger partial charge in [0.15, 0.2) is 5.16 Å². The number of rotatable bonds is 4. The fourth-order valence-corrected chi connectivity index (χ4v) is 2.14. The number of carboxylic acid groups (broad SMARTS) is 1. The van der Waals surface area contributed by atoms with Crippen molar-refractivity contribution < 1.29 is 9.90 Å². The summed E-state index contributed by atoms with van der Waals surface area (Å²) in [5, 5.41) is 16.9. The van der Waals surface area contributed by atoms with Gasteiger partial charge in [-0.05, 0) is 24.3 Å². The van der Waals surface area contributed by atoms with Gasteiger partial charge < -0.3 is 5.11 Å². The van der Waals surface area contributed by atoms with Crippen molar-refractivity contribution in [2.24, 2.45) is 0 Å². The lowest BCUT2D eigenvalue weighted by Crippen LogP contribution is -2.01. The van der Waals surface area contributed by atoms with Gasteiger partial charge in [0, 0.05) is 10.2 Å². The third-order valence-corrected chi connectivity index (χ3v) is 3.40. The first kappa shape index (κ1) is 12.1. The fraction of sp³-hybridized carbons (Fsp3) is 0.100. The zero-order chi connectivity index (χ0) is 12.3. The minimum Gasteiger partial charge on any atom is -0.481 e. The van der Waals surface area contributed by atoms with Crippen molar-refractivity contribution >= 4 is 33.7 Å². The van der Waals surface area contributed by atoms with Crippen molar-refractivity contribution in [1.82, 2.24) is 14.8 Å². The molecule has 0 atom stereocenters. The second kappa shape index (κ2) is 5.33. The largest absolute Gasteiger partial charge is 0.481 e. The maximum Gasteiger partial charge on any atom is 0.313 e. The Labute approximate surface area is 110 Å². The molecule has 1 aromatic heterocycles. The van der Waals surface area contributed by atoms with Gasteiger partial charge in [-0.2, -0.15) is 0 Å². The SMILES string of the molecule is O=C(O)CSc1nncn1-c1ccc(Br)cc1. The molecule has 5 nitrogen and oxygen atoms in total. The van der Waals surface area contributed by atoms with Crippen LogP contribution in [0.5, 0.6) is 0 Å². The average Bonchev–Trinajstić information content (AvgIpc) is 2.75. The highest BCUT2D eigenvalue weighted by Gasteiger charge is 2.08. The van der Waals surface area contributed by atoms with Crippen LogP contribution in [-0.2, 0) is 4.79 Å². The molecule has 0 radical (unpaired) electrons. The fourth-order valence-electron chi connectivity index (χ4n) is 1.23. The first-order valence-corrected chi connectivity index (χ1v) is 6.45. The molecular weight excluding hydrogens is 306 g/mol. The smallest absolute Gasteiger partial charge is 0.313 e. The van der Waals surface area contributed by atoms with Gasteiger partial charge in [0.05, 0.1) is 5.75 Å². The second-order valence-electron chi connectivity index (χ2n) is 3.14. The Morgan fingerprint density at radius 2 is 2.12 bits per heavy atom. The number of hydrogen-bond donors (Lipinski definition) is 1. The highest BCUT2D eigenvalue weighted by Crippen LogP contribution is 2.20. The van der Waals surface area contributed by atoms with Gasteiger partial charge in [0.1, 0.15) is 6.33 Å². The van der Waals surface area contributed by atoms with Crippen molar-refractivity contribution in [3.8, 4) is 5.69 Å². The highest BCUT2D eigenvalue weighted by atomic mass is 79.9. The van der Waals surface area contributed by atoms with Gasteiger partial charge in [-0.3, -0.25) is 9.36 Å². The zero-order valence-electron chi connectivity index (χ0n) is 8.58. The first-order chi connectivity index (χ1) is 8.16. The third-order valence-electron chi connectivity index (χ3n) is 1.95. The van der Waals surface area contributed by atoms with E-state index in [1.54, 1.807) is 10.9 Å². The van der Waals surface area contributed by atoms with Crippen molar-refractivity contribution in [2.45, 2.75) is 5.16 Å². The van der Waals surface area contributed by atoms with Crippen LogP contribution in [0.1, 0.15) is 0 Å². The van der Waals surface area contributed by atoms with E-state index in [0.29, 0.717) is 5.16 Å². The lowest BCUT2D eigenvalue weighted by atomic mass is 10.3. The topological polar surface area (TPSA) is 68.0 Å². The van der Waals surface area contributed by atoms with Crippen LogP contribution in [0.25, 0.3) is 5.69 Å². The van der Waals surface area contributed by atoms with Crippen LogP contribution in [0.3, 0.4) is 0 Å². The van der Waals surface area contributed by atoms with E-state index in [9.17, 15) is 4.79 Å². The van der Waals surface area contributed by atoms with Crippen molar-refractivity contribution in [3.63, 3.8) is 0 Å². The molecule has 7 heteroatoms. The number of carbonyl (C=O) groups is 1. The average molecular weight is 314 g/mol. The summed E-state index contributed by atoms with van der Waals surface area (Å²) >= 11 is 4.49. The monoisotopic (exact) mass is 313 g/mol. The minimum absolute atomic E-state index is 0.0325. The summed E-state index contributed by atoms with van der Waals surface area (Å²) in [6.45, 7) is 0. The molecule has 0 saturated heterocycles. The van der Waals surface area contributed by atoms with Crippen LogP contribution in [0.2, 0.25) is 0 Å². The predicted octanol–water partition coefficient (Wildman–Crippen LogP) is 2.21. The van der Waals surface area contributed by atoms with Crippen molar-refractivity contribution in [1.29, 1.82) is 0 Å². The van der Waals surface area contributed by atoms with Crippen LogP contribution in [0.15, 0.2) is 40.2 Å². The van der Waals surface area contributed by atoms with Gasteiger partial charge in [0.25, 0.3) is 0 Å². The minimum atomic E-state index is -0.875. The molecule has 0 amide bonds. The summed E-state index contributed by atoms with van der Waals surface area (Å²) in [5.74, 6) is -0.907. The van der Waals surface area contributed by atoms with E-state index in [1.165, 1.54) is 0 Å². The molecule has 0 aliphatic rings. The molecule has 1 heterocycles. The van der Waals surface area contributed by atoms with E-state index in [0.717, 1.165) is 21.9 Å². The van der Waals surface area contributed by atoms with E-state index in [4.69, 9.17) is 5.11 Å². The van der Waals surface area contributed by atoms with E-state index in [1.807, 2.05) is 24.3 Å². The number of benzene rings is 1. The first-order valence-electron chi connectivity index (χ1n) is 4.67. The van der Waals surface area contributed by atoms with E-state index >= 15 is 0 Å². The maximum atomic E-state index is 10.5. The van der Waals surface area contributed by atoms with Crippen molar-refractivity contribution in [2.75, 3.05) is 5.75 Å². The van der Waals surface area contributed by atoms with Crippen LogP contribution in [-0.4, -0.2) is 31.6 Å². The molecule has 0 unspecified atom stereocenters. The van der Waals surface area contributed by atoms with Crippen LogP contribution in [0.4, 0.5) is 0 Å². The van der Waals surface area contributed by atoms with Gasteiger partial charge in [-0.25, -0.2) is 0 Å².